The van der Waals surface area contributed by atoms with Crippen molar-refractivity contribution >= 4 is 29.5 Å². The van der Waals surface area contributed by atoms with E-state index in [1.54, 1.807) is 24.3 Å². The fourth-order valence-electron chi connectivity index (χ4n) is 3.18. The number of nitrogens with zero attached hydrogens (tertiary/aromatic N) is 1. The molecule has 1 aromatic carbocycles. The van der Waals surface area contributed by atoms with Crippen LogP contribution in [0, 0.1) is 0 Å². The minimum atomic E-state index is -0.953. The molecule has 0 unspecified atom stereocenters. The predicted octanol–water partition coefficient (Wildman–Crippen LogP) is 2.06. The van der Waals surface area contributed by atoms with Gasteiger partial charge >= 0.3 is 12.0 Å². The van der Waals surface area contributed by atoms with E-state index in [4.69, 9.17) is 4.74 Å². The molecule has 0 aliphatic carbocycles. The number of hydrogen-bond donors (Lipinski definition) is 2. The van der Waals surface area contributed by atoms with E-state index in [1.807, 2.05) is 19.9 Å². The number of anilines is 1. The first-order valence-electron chi connectivity index (χ1n) is 9.06. The molecule has 0 radical (unpaired) electrons. The van der Waals surface area contributed by atoms with Gasteiger partial charge in [-0.1, -0.05) is 44.9 Å². The molecule has 1 aliphatic heterocycles. The van der Waals surface area contributed by atoms with Crippen LogP contribution in [0.25, 0.3) is 0 Å². The van der Waals surface area contributed by atoms with Crippen molar-refractivity contribution in [3.8, 4) is 0 Å². The molecular weight excluding hydrogens is 350 g/mol. The number of hydrogen-bond acceptors (Lipinski definition) is 5. The van der Waals surface area contributed by atoms with Crippen molar-refractivity contribution in [2.75, 3.05) is 18.5 Å². The van der Waals surface area contributed by atoms with E-state index in [0.717, 1.165) is 17.7 Å². The third-order valence-corrected chi connectivity index (χ3v) is 4.31. The van der Waals surface area contributed by atoms with Crippen LogP contribution >= 0.6 is 0 Å². The smallest absolute Gasteiger partial charge is 0.326 e. The van der Waals surface area contributed by atoms with Crippen molar-refractivity contribution in [2.24, 2.45) is 0 Å². The topological polar surface area (TPSA) is 105 Å². The van der Waals surface area contributed by atoms with E-state index in [9.17, 15) is 19.2 Å². The lowest BCUT2D eigenvalue weighted by molar-refractivity contribution is -0.150. The lowest BCUT2D eigenvalue weighted by atomic mass is 9.88. The molecule has 27 heavy (non-hydrogen) atoms. The standard InChI is InChI=1S/C19H25N3O5/c1-3-10-19(11-4-2)17(25)22(18(26)21-19)12-16(24)27-13-15(23)20-14-8-6-5-7-9-14/h5-9H,3-4,10-13H2,1-2H3,(H,20,23)(H,21,26). The van der Waals surface area contributed by atoms with Crippen LogP contribution in [-0.2, 0) is 19.1 Å². The number of nitrogens with one attached hydrogen (secondary N) is 2. The van der Waals surface area contributed by atoms with E-state index in [2.05, 4.69) is 10.6 Å². The highest BCUT2D eigenvalue weighted by Crippen LogP contribution is 2.27. The summed E-state index contributed by atoms with van der Waals surface area (Å²) in [5.74, 6) is -1.73. The summed E-state index contributed by atoms with van der Waals surface area (Å²) in [5.41, 5.74) is -0.373. The molecule has 0 atom stereocenters. The molecule has 8 heteroatoms. The molecule has 4 amide bonds. The first-order valence-corrected chi connectivity index (χ1v) is 9.06. The van der Waals surface area contributed by atoms with Gasteiger partial charge in [0.25, 0.3) is 11.8 Å². The highest BCUT2D eigenvalue weighted by molar-refractivity contribution is 6.08. The van der Waals surface area contributed by atoms with Crippen molar-refractivity contribution in [2.45, 2.75) is 45.1 Å². The van der Waals surface area contributed by atoms with Crippen LogP contribution in [-0.4, -0.2) is 47.4 Å². The van der Waals surface area contributed by atoms with Gasteiger partial charge in [-0.25, -0.2) is 4.79 Å². The summed E-state index contributed by atoms with van der Waals surface area (Å²) >= 11 is 0. The molecule has 2 rings (SSSR count). The Morgan fingerprint density at radius 2 is 1.74 bits per heavy atom. The molecule has 0 bridgehead atoms. The quantitative estimate of drug-likeness (QED) is 0.508. The van der Waals surface area contributed by atoms with Gasteiger partial charge < -0.3 is 15.4 Å². The Labute approximate surface area is 158 Å². The molecule has 1 heterocycles. The Bertz CT molecular complexity index is 699. The van der Waals surface area contributed by atoms with Gasteiger partial charge in [0.05, 0.1) is 0 Å². The minimum Gasteiger partial charge on any atom is -0.454 e. The zero-order chi connectivity index (χ0) is 19.9. The molecular formula is C19H25N3O5. The van der Waals surface area contributed by atoms with Gasteiger partial charge in [-0.3, -0.25) is 19.3 Å². The van der Waals surface area contributed by atoms with Crippen molar-refractivity contribution in [1.82, 2.24) is 10.2 Å². The molecule has 0 saturated carbocycles. The minimum absolute atomic E-state index is 0.415. The Morgan fingerprint density at radius 1 is 1.11 bits per heavy atom. The molecule has 0 aromatic heterocycles. The summed E-state index contributed by atoms with van der Waals surface area (Å²) in [4.78, 5) is 49.5. The monoisotopic (exact) mass is 375 g/mol. The lowest BCUT2D eigenvalue weighted by Crippen LogP contribution is -2.47. The number of ether oxygens (including phenoxy) is 1. The third kappa shape index (κ3) is 5.06. The Hall–Kier alpha value is -2.90. The number of para-hydroxylation sites is 1. The molecule has 1 saturated heterocycles. The van der Waals surface area contributed by atoms with E-state index < -0.39 is 42.5 Å². The second-order valence-corrected chi connectivity index (χ2v) is 6.48. The average Bonchev–Trinajstić information content (AvgIpc) is 2.86. The Kier molecular flexibility index (Phi) is 6.92. The molecule has 1 fully saturated rings. The van der Waals surface area contributed by atoms with Gasteiger partial charge in [0.1, 0.15) is 12.1 Å². The molecule has 1 aliphatic rings. The SMILES string of the molecule is CCCC1(CCC)NC(=O)N(CC(=O)OCC(=O)Nc2ccccc2)C1=O. The highest BCUT2D eigenvalue weighted by Gasteiger charge is 2.50. The Balaban J connectivity index is 1.88. The fraction of sp³-hybridized carbons (Fsp3) is 0.474. The lowest BCUT2D eigenvalue weighted by Gasteiger charge is -2.25. The summed E-state index contributed by atoms with van der Waals surface area (Å²) in [6, 6.07) is 8.14. The molecule has 0 spiro atoms. The van der Waals surface area contributed by atoms with Crippen LogP contribution in [0.15, 0.2) is 30.3 Å². The maximum Gasteiger partial charge on any atom is 0.326 e. The summed E-state index contributed by atoms with van der Waals surface area (Å²) in [5, 5.41) is 5.30. The number of imide groups is 1. The number of carbonyl (C=O) groups is 4. The van der Waals surface area contributed by atoms with Crippen LogP contribution in [0.1, 0.15) is 39.5 Å². The summed E-state index contributed by atoms with van der Waals surface area (Å²) in [7, 11) is 0. The van der Waals surface area contributed by atoms with Gasteiger partial charge in [-0.05, 0) is 25.0 Å². The number of amides is 4. The van der Waals surface area contributed by atoms with Gasteiger partial charge in [-0.2, -0.15) is 0 Å². The number of benzene rings is 1. The van der Waals surface area contributed by atoms with Crippen LogP contribution in [0.3, 0.4) is 0 Å². The van der Waals surface area contributed by atoms with Gasteiger partial charge in [0.15, 0.2) is 6.61 Å². The first-order chi connectivity index (χ1) is 12.9. The van der Waals surface area contributed by atoms with Crippen LogP contribution in [0.2, 0.25) is 0 Å². The van der Waals surface area contributed by atoms with Crippen molar-refractivity contribution in [3.63, 3.8) is 0 Å². The molecule has 1 aromatic rings. The highest BCUT2D eigenvalue weighted by atomic mass is 16.5. The number of rotatable bonds is 9. The largest absolute Gasteiger partial charge is 0.454 e. The van der Waals surface area contributed by atoms with Gasteiger partial charge in [0, 0.05) is 5.69 Å². The van der Waals surface area contributed by atoms with Crippen molar-refractivity contribution in [3.05, 3.63) is 30.3 Å². The summed E-state index contributed by atoms with van der Waals surface area (Å²) in [6.07, 6.45) is 2.47. The van der Waals surface area contributed by atoms with Crippen molar-refractivity contribution in [1.29, 1.82) is 0 Å². The number of esters is 1. The third-order valence-electron chi connectivity index (χ3n) is 4.31. The molecule has 146 valence electrons. The second-order valence-electron chi connectivity index (χ2n) is 6.48. The number of carbonyl (C=O) groups excluding carboxylic acids is 4. The zero-order valence-corrected chi connectivity index (χ0v) is 15.6. The van der Waals surface area contributed by atoms with Gasteiger partial charge in [0.2, 0.25) is 0 Å². The van der Waals surface area contributed by atoms with Crippen LogP contribution < -0.4 is 10.6 Å². The second kappa shape index (κ2) is 9.16. The number of urea groups is 1. The predicted molar refractivity (Wildman–Crippen MR) is 98.8 cm³/mol. The maximum atomic E-state index is 12.7. The van der Waals surface area contributed by atoms with Crippen LogP contribution in [0.5, 0.6) is 0 Å². The first kappa shape index (κ1) is 20.4. The maximum absolute atomic E-state index is 12.7. The van der Waals surface area contributed by atoms with E-state index in [0.29, 0.717) is 18.5 Å². The zero-order valence-electron chi connectivity index (χ0n) is 15.6. The Morgan fingerprint density at radius 3 is 2.33 bits per heavy atom. The summed E-state index contributed by atoms with van der Waals surface area (Å²) in [6.45, 7) is 2.85. The molecule has 2 N–H and O–H groups in total. The van der Waals surface area contributed by atoms with E-state index >= 15 is 0 Å². The van der Waals surface area contributed by atoms with Gasteiger partial charge in [-0.15, -0.1) is 0 Å². The summed E-state index contributed by atoms with van der Waals surface area (Å²) < 4.78 is 4.90. The molecule has 8 nitrogen and oxygen atoms in total. The van der Waals surface area contributed by atoms with E-state index in [-0.39, 0.29) is 0 Å². The normalized spacial score (nSPS) is 15.4. The average molecular weight is 375 g/mol. The van der Waals surface area contributed by atoms with Crippen LogP contribution in [0.4, 0.5) is 10.5 Å². The van der Waals surface area contributed by atoms with E-state index in [1.165, 1.54) is 0 Å². The van der Waals surface area contributed by atoms with Crippen molar-refractivity contribution < 1.29 is 23.9 Å². The fourth-order valence-corrected chi connectivity index (χ4v) is 3.18.